The Morgan fingerprint density at radius 1 is 1.07 bits per heavy atom. The molecule has 0 saturated carbocycles. The second kappa shape index (κ2) is 8.57. The molecule has 1 heterocycles. The molecule has 0 fully saturated rings. The number of thiazole rings is 1. The molecule has 0 aliphatic carbocycles. The lowest BCUT2D eigenvalue weighted by Gasteiger charge is -2.16. The van der Waals surface area contributed by atoms with Gasteiger partial charge >= 0.3 is 0 Å². The van der Waals surface area contributed by atoms with Crippen LogP contribution in [0.15, 0.2) is 36.4 Å². The first-order chi connectivity index (χ1) is 13.8. The number of carbonyl (C=O) groups excluding carboxylic acids is 1. The van der Waals surface area contributed by atoms with E-state index in [0.29, 0.717) is 32.6 Å². The summed E-state index contributed by atoms with van der Waals surface area (Å²) in [4.78, 5) is 19.3. The Hall–Kier alpha value is -3.00. The molecule has 0 saturated heterocycles. The molecule has 0 aliphatic heterocycles. The van der Waals surface area contributed by atoms with E-state index in [4.69, 9.17) is 9.47 Å². The van der Waals surface area contributed by atoms with Gasteiger partial charge in [0.2, 0.25) is 0 Å². The molecule has 5 nitrogen and oxygen atoms in total. The summed E-state index contributed by atoms with van der Waals surface area (Å²) in [5.41, 5.74) is 1.90. The van der Waals surface area contributed by atoms with Crippen LogP contribution in [0.1, 0.15) is 20.9 Å². The van der Waals surface area contributed by atoms with Gasteiger partial charge < -0.3 is 14.4 Å². The number of amides is 1. The molecule has 2 aromatic carbocycles. The minimum absolute atomic E-state index is 0.152. The number of methoxy groups -OCH3 is 2. The minimum Gasteiger partial charge on any atom is -0.493 e. The molecular formula is C21H20F2N2O3S. The van der Waals surface area contributed by atoms with Gasteiger partial charge in [0.25, 0.3) is 5.91 Å². The largest absolute Gasteiger partial charge is 0.493 e. The zero-order valence-electron chi connectivity index (χ0n) is 16.5. The first-order valence-electron chi connectivity index (χ1n) is 8.73. The smallest absolute Gasteiger partial charge is 0.265 e. The molecule has 0 aliphatic rings. The Kier molecular flexibility index (Phi) is 6.12. The van der Waals surface area contributed by atoms with Crippen LogP contribution in [0.25, 0.3) is 10.6 Å². The molecular weight excluding hydrogens is 398 g/mol. The zero-order valence-corrected chi connectivity index (χ0v) is 17.3. The summed E-state index contributed by atoms with van der Waals surface area (Å²) in [5, 5.41) is 0.674. The summed E-state index contributed by atoms with van der Waals surface area (Å²) in [5.74, 6) is -0.918. The van der Waals surface area contributed by atoms with Crippen LogP contribution in [0.4, 0.5) is 8.78 Å². The van der Waals surface area contributed by atoms with Gasteiger partial charge in [-0.1, -0.05) is 6.07 Å². The quantitative estimate of drug-likeness (QED) is 0.583. The number of hydrogen-bond donors (Lipinski definition) is 0. The van der Waals surface area contributed by atoms with Crippen LogP contribution in [0, 0.1) is 18.6 Å². The van der Waals surface area contributed by atoms with Crippen molar-refractivity contribution >= 4 is 17.2 Å². The van der Waals surface area contributed by atoms with Gasteiger partial charge in [-0.05, 0) is 42.8 Å². The molecule has 3 rings (SSSR count). The van der Waals surface area contributed by atoms with Gasteiger partial charge in [0.1, 0.15) is 9.88 Å². The van der Waals surface area contributed by atoms with Crippen molar-refractivity contribution in [3.63, 3.8) is 0 Å². The van der Waals surface area contributed by atoms with Gasteiger partial charge in [0.05, 0.1) is 19.9 Å². The highest BCUT2D eigenvalue weighted by Crippen LogP contribution is 2.35. The normalized spacial score (nSPS) is 10.7. The van der Waals surface area contributed by atoms with Crippen LogP contribution < -0.4 is 9.47 Å². The Morgan fingerprint density at radius 2 is 1.79 bits per heavy atom. The van der Waals surface area contributed by atoms with Crippen molar-refractivity contribution in [1.82, 2.24) is 9.88 Å². The average molecular weight is 418 g/mol. The SMILES string of the molecule is COc1ccc(-c2nc(C)c(C(=O)N(C)Cc3ccc(F)c(F)c3)s2)cc1OC. The number of ether oxygens (including phenoxy) is 2. The highest BCUT2D eigenvalue weighted by Gasteiger charge is 2.21. The lowest BCUT2D eigenvalue weighted by molar-refractivity contribution is 0.0788. The molecule has 3 aromatic rings. The van der Waals surface area contributed by atoms with Gasteiger partial charge in [-0.3, -0.25) is 4.79 Å². The van der Waals surface area contributed by atoms with E-state index in [0.717, 1.165) is 17.7 Å². The fraction of sp³-hybridized carbons (Fsp3) is 0.238. The Morgan fingerprint density at radius 3 is 2.45 bits per heavy atom. The third-order valence-corrected chi connectivity index (χ3v) is 5.57. The van der Waals surface area contributed by atoms with Crippen molar-refractivity contribution in [1.29, 1.82) is 0 Å². The van der Waals surface area contributed by atoms with Crippen LogP contribution in [-0.2, 0) is 6.54 Å². The molecule has 0 bridgehead atoms. The van der Waals surface area contributed by atoms with Crippen molar-refractivity contribution in [2.75, 3.05) is 21.3 Å². The van der Waals surface area contributed by atoms with Gasteiger partial charge in [-0.2, -0.15) is 0 Å². The first-order valence-corrected chi connectivity index (χ1v) is 9.55. The predicted molar refractivity (Wildman–Crippen MR) is 108 cm³/mol. The van der Waals surface area contributed by atoms with Crippen molar-refractivity contribution in [2.24, 2.45) is 0 Å². The number of hydrogen-bond acceptors (Lipinski definition) is 5. The summed E-state index contributed by atoms with van der Waals surface area (Å²) >= 11 is 1.27. The number of aryl methyl sites for hydroxylation is 1. The lowest BCUT2D eigenvalue weighted by Crippen LogP contribution is -2.26. The third kappa shape index (κ3) is 4.37. The number of benzene rings is 2. The van der Waals surface area contributed by atoms with E-state index in [1.165, 1.54) is 22.3 Å². The summed E-state index contributed by atoms with van der Waals surface area (Å²) in [6.07, 6.45) is 0. The van der Waals surface area contributed by atoms with Crippen molar-refractivity contribution in [3.05, 3.63) is 64.2 Å². The fourth-order valence-electron chi connectivity index (χ4n) is 2.84. The second-order valence-corrected chi connectivity index (χ2v) is 7.41. The predicted octanol–water partition coefficient (Wildman–Crippen LogP) is 4.69. The third-order valence-electron chi connectivity index (χ3n) is 4.37. The van der Waals surface area contributed by atoms with Gasteiger partial charge in [0.15, 0.2) is 23.1 Å². The fourth-order valence-corrected chi connectivity index (χ4v) is 3.90. The molecule has 0 N–H and O–H groups in total. The van der Waals surface area contributed by atoms with Crippen LogP contribution in [0.2, 0.25) is 0 Å². The summed E-state index contributed by atoms with van der Waals surface area (Å²) in [7, 11) is 4.72. The van der Waals surface area contributed by atoms with E-state index >= 15 is 0 Å². The van der Waals surface area contributed by atoms with Crippen molar-refractivity contribution in [2.45, 2.75) is 13.5 Å². The molecule has 1 amide bonds. The maximum Gasteiger partial charge on any atom is 0.265 e. The van der Waals surface area contributed by atoms with Gasteiger partial charge in [-0.15, -0.1) is 11.3 Å². The molecule has 0 atom stereocenters. The number of rotatable bonds is 6. The molecule has 0 spiro atoms. The molecule has 29 heavy (non-hydrogen) atoms. The van der Waals surface area contributed by atoms with Crippen molar-refractivity contribution < 1.29 is 23.0 Å². The molecule has 0 unspecified atom stereocenters. The van der Waals surface area contributed by atoms with E-state index < -0.39 is 11.6 Å². The maximum atomic E-state index is 13.4. The van der Waals surface area contributed by atoms with Crippen molar-refractivity contribution in [3.8, 4) is 22.1 Å². The molecule has 1 aromatic heterocycles. The lowest BCUT2D eigenvalue weighted by atomic mass is 10.2. The zero-order chi connectivity index (χ0) is 21.1. The summed E-state index contributed by atoms with van der Waals surface area (Å²) in [6.45, 7) is 1.92. The standard InChI is InChI=1S/C21H20F2N2O3S/c1-12-19(21(26)25(2)11-13-5-7-15(22)16(23)9-13)29-20(24-12)14-6-8-17(27-3)18(10-14)28-4/h5-10H,11H2,1-4H3. The summed E-state index contributed by atoms with van der Waals surface area (Å²) < 4.78 is 37.1. The van der Waals surface area contributed by atoms with E-state index in [1.807, 2.05) is 6.07 Å². The van der Waals surface area contributed by atoms with Crippen LogP contribution in [0.5, 0.6) is 11.5 Å². The van der Waals surface area contributed by atoms with Gasteiger partial charge in [-0.25, -0.2) is 13.8 Å². The number of nitrogens with zero attached hydrogens (tertiary/aromatic N) is 2. The topological polar surface area (TPSA) is 51.7 Å². The molecule has 152 valence electrons. The maximum absolute atomic E-state index is 13.4. The highest BCUT2D eigenvalue weighted by molar-refractivity contribution is 7.17. The minimum atomic E-state index is -0.937. The Bertz CT molecular complexity index is 1050. The second-order valence-electron chi connectivity index (χ2n) is 6.41. The van der Waals surface area contributed by atoms with E-state index in [2.05, 4.69) is 4.98 Å². The average Bonchev–Trinajstić information content (AvgIpc) is 3.11. The van der Waals surface area contributed by atoms with Crippen LogP contribution in [0.3, 0.4) is 0 Å². The molecule has 0 radical (unpaired) electrons. The monoisotopic (exact) mass is 418 g/mol. The molecule has 8 heteroatoms. The Balaban J connectivity index is 1.83. The van der Waals surface area contributed by atoms with Crippen LogP contribution >= 0.6 is 11.3 Å². The van der Waals surface area contributed by atoms with E-state index in [9.17, 15) is 13.6 Å². The number of halogens is 2. The number of carbonyl (C=O) groups is 1. The number of aromatic nitrogens is 1. The highest BCUT2D eigenvalue weighted by atomic mass is 32.1. The van der Waals surface area contributed by atoms with E-state index in [1.54, 1.807) is 40.3 Å². The summed E-state index contributed by atoms with van der Waals surface area (Å²) in [6, 6.07) is 9.03. The van der Waals surface area contributed by atoms with Crippen LogP contribution in [-0.4, -0.2) is 37.1 Å². The Labute approximate surface area is 171 Å². The van der Waals surface area contributed by atoms with E-state index in [-0.39, 0.29) is 12.5 Å². The van der Waals surface area contributed by atoms with Gasteiger partial charge in [0, 0.05) is 19.2 Å². The first kappa shape index (κ1) is 20.7.